The van der Waals surface area contributed by atoms with Crippen molar-refractivity contribution in [2.24, 2.45) is 39.7 Å². The standard InChI is InChI=1S/C28H43N3O6/c1-16(2)25(26(35)36)30-23(33)14-29-24(34)15-37-31-18-9-11-27(3)17(13-18)5-6-19-20-7-8-22(32)28(20,4)12-10-21(19)27/h13,16,19-22,25,32H,5-12,14-15H2,1-4H3,(H,29,34)(H,30,33)(H,35,36)/t19-,20+,21+,22-,25+,27+,28+/m1/s1. The van der Waals surface area contributed by atoms with Crippen molar-refractivity contribution in [1.82, 2.24) is 10.6 Å². The van der Waals surface area contributed by atoms with Crippen molar-refractivity contribution in [3.63, 3.8) is 0 Å². The number of nitrogens with zero attached hydrogens (tertiary/aromatic N) is 1. The van der Waals surface area contributed by atoms with Crippen molar-refractivity contribution in [2.45, 2.75) is 91.2 Å². The number of carboxylic acid groups (broad SMARTS) is 1. The first-order chi connectivity index (χ1) is 17.5. The topological polar surface area (TPSA) is 137 Å². The quantitative estimate of drug-likeness (QED) is 0.365. The molecule has 0 aromatic heterocycles. The third kappa shape index (κ3) is 5.42. The maximum Gasteiger partial charge on any atom is 0.326 e. The van der Waals surface area contributed by atoms with Gasteiger partial charge in [-0.25, -0.2) is 4.79 Å². The Morgan fingerprint density at radius 2 is 1.84 bits per heavy atom. The first-order valence-corrected chi connectivity index (χ1v) is 13.8. The van der Waals surface area contributed by atoms with Gasteiger partial charge in [0.15, 0.2) is 6.61 Å². The molecule has 206 valence electrons. The Morgan fingerprint density at radius 1 is 1.08 bits per heavy atom. The van der Waals surface area contributed by atoms with Crippen LogP contribution in [0.3, 0.4) is 0 Å². The molecule has 4 aliphatic carbocycles. The number of fused-ring (bicyclic) bond motifs is 5. The van der Waals surface area contributed by atoms with Crippen LogP contribution in [0.25, 0.3) is 0 Å². The highest BCUT2D eigenvalue weighted by Crippen LogP contribution is 2.65. The van der Waals surface area contributed by atoms with Gasteiger partial charge in [0, 0.05) is 0 Å². The van der Waals surface area contributed by atoms with Gasteiger partial charge in [-0.3, -0.25) is 9.59 Å². The molecule has 0 aromatic carbocycles. The number of carbonyl (C=O) groups is 3. The molecule has 2 amide bonds. The lowest BCUT2D eigenvalue weighted by Gasteiger charge is -2.57. The second-order valence-corrected chi connectivity index (χ2v) is 12.4. The summed E-state index contributed by atoms with van der Waals surface area (Å²) < 4.78 is 0. The molecule has 0 heterocycles. The van der Waals surface area contributed by atoms with Crippen molar-refractivity contribution >= 4 is 23.5 Å². The summed E-state index contributed by atoms with van der Waals surface area (Å²) in [7, 11) is 0. The Labute approximate surface area is 219 Å². The number of oxime groups is 1. The first-order valence-electron chi connectivity index (χ1n) is 13.8. The minimum Gasteiger partial charge on any atom is -0.480 e. The van der Waals surface area contributed by atoms with E-state index in [0.717, 1.165) is 50.7 Å². The molecule has 0 aliphatic heterocycles. The maximum atomic E-state index is 12.1. The number of amides is 2. The first kappa shape index (κ1) is 27.6. The molecule has 9 heteroatoms. The molecular weight excluding hydrogens is 474 g/mol. The number of allylic oxidation sites excluding steroid dienone is 2. The van der Waals surface area contributed by atoms with E-state index in [2.05, 4.69) is 35.7 Å². The minimum atomic E-state index is -1.11. The fourth-order valence-corrected chi connectivity index (χ4v) is 7.76. The lowest BCUT2D eigenvalue weighted by atomic mass is 9.47. The van der Waals surface area contributed by atoms with Gasteiger partial charge < -0.3 is 25.7 Å². The van der Waals surface area contributed by atoms with E-state index in [4.69, 9.17) is 9.94 Å². The number of hydrogen-bond acceptors (Lipinski definition) is 6. The van der Waals surface area contributed by atoms with Crippen LogP contribution in [0.1, 0.15) is 79.1 Å². The van der Waals surface area contributed by atoms with Crippen molar-refractivity contribution in [1.29, 1.82) is 0 Å². The number of rotatable bonds is 8. The predicted octanol–water partition coefficient (Wildman–Crippen LogP) is 3.02. The molecule has 4 rings (SSSR count). The zero-order valence-electron chi connectivity index (χ0n) is 22.6. The van der Waals surface area contributed by atoms with Crippen LogP contribution in [0.4, 0.5) is 0 Å². The number of aliphatic hydroxyl groups is 1. The molecule has 0 aromatic rings. The van der Waals surface area contributed by atoms with Crippen molar-refractivity contribution in [3.05, 3.63) is 11.6 Å². The highest BCUT2D eigenvalue weighted by molar-refractivity contribution is 5.96. The zero-order valence-corrected chi connectivity index (χ0v) is 22.6. The molecular formula is C28H43N3O6. The zero-order chi connectivity index (χ0) is 27.0. The van der Waals surface area contributed by atoms with Gasteiger partial charge in [-0.2, -0.15) is 0 Å². The second-order valence-electron chi connectivity index (χ2n) is 12.4. The fraction of sp³-hybridized carbons (Fsp3) is 0.786. The van der Waals surface area contributed by atoms with Crippen molar-refractivity contribution in [3.8, 4) is 0 Å². The summed E-state index contributed by atoms with van der Waals surface area (Å²) in [6.45, 7) is 7.49. The average molecular weight is 518 g/mol. The highest BCUT2D eigenvalue weighted by atomic mass is 16.6. The van der Waals surface area contributed by atoms with Crippen LogP contribution < -0.4 is 10.6 Å². The number of hydrogen-bond donors (Lipinski definition) is 4. The van der Waals surface area contributed by atoms with Crippen molar-refractivity contribution in [2.75, 3.05) is 13.2 Å². The van der Waals surface area contributed by atoms with E-state index in [-0.39, 0.29) is 36.0 Å². The Balaban J connectivity index is 1.28. The SMILES string of the molecule is CC(C)[C@H](NC(=O)CNC(=O)CON=C1C=C2CC[C@@H]3[C@@H]4CC[C@@H](O)[C@@]4(C)CC[C@@H]3[C@@]2(C)CC1)C(=O)O. The lowest BCUT2D eigenvalue weighted by molar-refractivity contribution is -0.143. The van der Waals surface area contributed by atoms with Gasteiger partial charge in [-0.05, 0) is 91.9 Å². The largest absolute Gasteiger partial charge is 0.480 e. The Kier molecular flexibility index (Phi) is 8.02. The molecule has 0 radical (unpaired) electrons. The summed E-state index contributed by atoms with van der Waals surface area (Å²) in [5.74, 6) is -0.492. The van der Waals surface area contributed by atoms with Crippen LogP contribution in [0, 0.1) is 34.5 Å². The van der Waals surface area contributed by atoms with E-state index in [1.54, 1.807) is 13.8 Å². The van der Waals surface area contributed by atoms with Gasteiger partial charge in [-0.1, -0.05) is 38.4 Å². The summed E-state index contributed by atoms with van der Waals surface area (Å²) in [5.41, 5.74) is 2.52. The summed E-state index contributed by atoms with van der Waals surface area (Å²) >= 11 is 0. The Morgan fingerprint density at radius 3 is 2.54 bits per heavy atom. The van der Waals surface area contributed by atoms with Gasteiger partial charge in [-0.15, -0.1) is 0 Å². The average Bonchev–Trinajstić information content (AvgIpc) is 3.15. The fourth-order valence-electron chi connectivity index (χ4n) is 7.76. The summed E-state index contributed by atoms with van der Waals surface area (Å²) in [6.07, 6.45) is 10.4. The van der Waals surface area contributed by atoms with E-state index in [1.807, 2.05) is 0 Å². The lowest BCUT2D eigenvalue weighted by Crippen LogP contribution is -2.51. The second kappa shape index (κ2) is 10.8. The van der Waals surface area contributed by atoms with Crippen LogP contribution in [0.5, 0.6) is 0 Å². The van der Waals surface area contributed by atoms with Crippen LogP contribution in [-0.4, -0.2) is 59.0 Å². The van der Waals surface area contributed by atoms with E-state index in [1.165, 1.54) is 12.0 Å². The molecule has 0 bridgehead atoms. The van der Waals surface area contributed by atoms with Crippen LogP contribution in [0.2, 0.25) is 0 Å². The van der Waals surface area contributed by atoms with Crippen LogP contribution >= 0.6 is 0 Å². The number of carbonyl (C=O) groups excluding carboxylic acids is 2. The van der Waals surface area contributed by atoms with Gasteiger partial charge in [0.2, 0.25) is 5.91 Å². The summed E-state index contributed by atoms with van der Waals surface area (Å²) in [5, 5.41) is 28.9. The van der Waals surface area contributed by atoms with Crippen LogP contribution in [0.15, 0.2) is 16.8 Å². The van der Waals surface area contributed by atoms with E-state index >= 15 is 0 Å². The summed E-state index contributed by atoms with van der Waals surface area (Å²) in [4.78, 5) is 40.6. The van der Waals surface area contributed by atoms with E-state index in [0.29, 0.717) is 17.8 Å². The van der Waals surface area contributed by atoms with E-state index < -0.39 is 23.8 Å². The predicted molar refractivity (Wildman–Crippen MR) is 139 cm³/mol. The number of carboxylic acids is 1. The molecule has 0 spiro atoms. The van der Waals surface area contributed by atoms with Gasteiger partial charge >= 0.3 is 5.97 Å². The van der Waals surface area contributed by atoms with Crippen LogP contribution in [-0.2, 0) is 19.2 Å². The molecule has 3 saturated carbocycles. The normalized spacial score (nSPS) is 36.6. The third-order valence-corrected chi connectivity index (χ3v) is 10.0. The number of aliphatic hydroxyl groups excluding tert-OH is 1. The highest BCUT2D eigenvalue weighted by Gasteiger charge is 2.58. The molecule has 0 saturated heterocycles. The molecule has 0 unspecified atom stereocenters. The monoisotopic (exact) mass is 517 g/mol. The third-order valence-electron chi connectivity index (χ3n) is 10.0. The van der Waals surface area contributed by atoms with Gasteiger partial charge in [0.1, 0.15) is 6.04 Å². The molecule has 7 atom stereocenters. The maximum absolute atomic E-state index is 12.1. The molecule has 9 nitrogen and oxygen atoms in total. The minimum absolute atomic E-state index is 0.0848. The van der Waals surface area contributed by atoms with Crippen molar-refractivity contribution < 1.29 is 29.4 Å². The molecule has 4 aliphatic rings. The number of nitrogens with one attached hydrogen (secondary N) is 2. The Hall–Kier alpha value is -2.42. The number of aliphatic carboxylic acids is 1. The van der Waals surface area contributed by atoms with Gasteiger partial charge in [0.25, 0.3) is 5.91 Å². The molecule has 37 heavy (non-hydrogen) atoms. The Bertz CT molecular complexity index is 977. The van der Waals surface area contributed by atoms with Gasteiger partial charge in [0.05, 0.1) is 18.4 Å². The summed E-state index contributed by atoms with van der Waals surface area (Å²) in [6, 6.07) is -1.00. The smallest absolute Gasteiger partial charge is 0.326 e. The molecule has 3 fully saturated rings. The molecule has 4 N–H and O–H groups in total. The van der Waals surface area contributed by atoms with E-state index in [9.17, 15) is 19.5 Å².